The van der Waals surface area contributed by atoms with E-state index >= 15 is 0 Å². The van der Waals surface area contributed by atoms with Gasteiger partial charge < -0.3 is 10.1 Å². The van der Waals surface area contributed by atoms with Crippen LogP contribution < -0.4 is 5.32 Å². The summed E-state index contributed by atoms with van der Waals surface area (Å²) in [7, 11) is 1.35. The molecule has 1 atom stereocenters. The third-order valence-corrected chi connectivity index (χ3v) is 4.42. The highest BCUT2D eigenvalue weighted by Gasteiger charge is 2.34. The number of methoxy groups -OCH3 is 1. The highest BCUT2D eigenvalue weighted by Crippen LogP contribution is 2.16. The number of hydrogen-bond acceptors (Lipinski definition) is 5. The fraction of sp³-hybridized carbons (Fsp3) is 0.400. The van der Waals surface area contributed by atoms with E-state index < -0.39 is 0 Å². The van der Waals surface area contributed by atoms with Gasteiger partial charge in [0, 0.05) is 0 Å². The second-order valence-corrected chi connectivity index (χ2v) is 6.27. The van der Waals surface area contributed by atoms with E-state index in [1.54, 1.807) is 40.9 Å². The molecule has 0 saturated carbocycles. The molecule has 1 aromatic rings. The van der Waals surface area contributed by atoms with Crippen molar-refractivity contribution < 1.29 is 14.3 Å². The number of hydrogen-bond donors (Lipinski definition) is 1. The minimum absolute atomic E-state index is 0.0103. The predicted molar refractivity (Wildman–Crippen MR) is 90.9 cm³/mol. The lowest BCUT2D eigenvalue weighted by Crippen LogP contribution is -2.31. The van der Waals surface area contributed by atoms with Crippen LogP contribution in [-0.4, -0.2) is 47.0 Å². The number of amides is 1. The van der Waals surface area contributed by atoms with Gasteiger partial charge in [0.25, 0.3) is 5.91 Å². The molecule has 1 fully saturated rings. The minimum atomic E-state index is -0.377. The van der Waals surface area contributed by atoms with E-state index in [1.165, 1.54) is 7.11 Å². The van der Waals surface area contributed by atoms with Crippen LogP contribution in [0.5, 0.6) is 0 Å². The van der Waals surface area contributed by atoms with Crippen LogP contribution >= 0.6 is 24.0 Å². The van der Waals surface area contributed by atoms with Crippen LogP contribution in [0.3, 0.4) is 0 Å². The van der Waals surface area contributed by atoms with Gasteiger partial charge in [-0.1, -0.05) is 12.1 Å². The zero-order valence-corrected chi connectivity index (χ0v) is 14.1. The quantitative estimate of drug-likeness (QED) is 0.631. The molecule has 0 aliphatic carbocycles. The molecule has 0 aromatic heterocycles. The normalized spacial score (nSPS) is 17.5. The molecule has 0 bridgehead atoms. The molecule has 1 saturated heterocycles. The van der Waals surface area contributed by atoms with Crippen molar-refractivity contribution in [1.29, 1.82) is 0 Å². The Labute approximate surface area is 139 Å². The number of thiocarbonyl (C=S) groups is 1. The molecule has 1 aromatic carbocycles. The SMILES string of the molecule is COC(=O)c1ccc(CN2C(=O)[C@H](CCSC)NC2=S)cc1. The highest BCUT2D eigenvalue weighted by molar-refractivity contribution is 7.98. The molecule has 0 spiro atoms. The maximum absolute atomic E-state index is 12.3. The van der Waals surface area contributed by atoms with Gasteiger partial charge in [0.2, 0.25) is 0 Å². The summed E-state index contributed by atoms with van der Waals surface area (Å²) in [6.45, 7) is 0.405. The van der Waals surface area contributed by atoms with Gasteiger partial charge in [-0.25, -0.2) is 4.79 Å². The molecule has 118 valence electrons. The molecule has 0 unspecified atom stereocenters. The van der Waals surface area contributed by atoms with Crippen molar-refractivity contribution in [3.63, 3.8) is 0 Å². The summed E-state index contributed by atoms with van der Waals surface area (Å²) >= 11 is 6.95. The summed E-state index contributed by atoms with van der Waals surface area (Å²) in [5, 5.41) is 3.53. The fourth-order valence-corrected chi connectivity index (χ4v) is 2.97. The van der Waals surface area contributed by atoms with E-state index in [1.807, 2.05) is 6.26 Å². The number of rotatable bonds is 6. The number of nitrogens with zero attached hydrogens (tertiary/aromatic N) is 1. The first-order valence-electron chi connectivity index (χ1n) is 6.85. The lowest BCUT2D eigenvalue weighted by molar-refractivity contribution is -0.127. The maximum atomic E-state index is 12.3. The van der Waals surface area contributed by atoms with E-state index in [9.17, 15) is 9.59 Å². The van der Waals surface area contributed by atoms with Crippen molar-refractivity contribution in [2.75, 3.05) is 19.1 Å². The second kappa shape index (κ2) is 7.60. The Hall–Kier alpha value is -1.60. The van der Waals surface area contributed by atoms with Crippen molar-refractivity contribution in [2.24, 2.45) is 0 Å². The van der Waals surface area contributed by atoms with E-state index in [4.69, 9.17) is 12.2 Å². The van der Waals surface area contributed by atoms with Crippen LogP contribution in [0, 0.1) is 0 Å². The number of carbonyl (C=O) groups is 2. The molecule has 1 aliphatic heterocycles. The zero-order valence-electron chi connectivity index (χ0n) is 12.5. The Morgan fingerprint density at radius 1 is 1.41 bits per heavy atom. The second-order valence-electron chi connectivity index (χ2n) is 4.90. The Kier molecular flexibility index (Phi) is 5.79. The Morgan fingerprint density at radius 3 is 2.68 bits per heavy atom. The van der Waals surface area contributed by atoms with E-state index in [0.29, 0.717) is 17.2 Å². The van der Waals surface area contributed by atoms with Crippen LogP contribution in [-0.2, 0) is 16.1 Å². The lowest BCUT2D eigenvalue weighted by Gasteiger charge is -2.15. The third-order valence-electron chi connectivity index (χ3n) is 3.43. The van der Waals surface area contributed by atoms with Gasteiger partial charge in [-0.05, 0) is 48.3 Å². The molecule has 1 aliphatic rings. The van der Waals surface area contributed by atoms with Crippen LogP contribution in [0.4, 0.5) is 0 Å². The summed E-state index contributed by atoms with van der Waals surface area (Å²) in [5.74, 6) is 0.544. The number of benzene rings is 1. The van der Waals surface area contributed by atoms with E-state index in [0.717, 1.165) is 17.7 Å². The molecule has 0 radical (unpaired) electrons. The molecule has 7 heteroatoms. The van der Waals surface area contributed by atoms with Crippen LogP contribution in [0.2, 0.25) is 0 Å². The average molecular weight is 338 g/mol. The van der Waals surface area contributed by atoms with Gasteiger partial charge in [-0.15, -0.1) is 0 Å². The standard InChI is InChI=1S/C15H18N2O3S2/c1-20-14(19)11-5-3-10(4-6-11)9-17-13(18)12(7-8-22-2)16-15(17)21/h3-6,12H,7-9H2,1-2H3,(H,16,21)/t12-/m0/s1. The van der Waals surface area contributed by atoms with Crippen LogP contribution in [0.1, 0.15) is 22.3 Å². The Balaban J connectivity index is 2.02. The van der Waals surface area contributed by atoms with E-state index in [2.05, 4.69) is 10.1 Å². The van der Waals surface area contributed by atoms with Gasteiger partial charge in [-0.3, -0.25) is 9.69 Å². The maximum Gasteiger partial charge on any atom is 0.337 e. The van der Waals surface area contributed by atoms with Crippen LogP contribution in [0.15, 0.2) is 24.3 Å². The molecular weight excluding hydrogens is 320 g/mol. The largest absolute Gasteiger partial charge is 0.465 e. The highest BCUT2D eigenvalue weighted by atomic mass is 32.2. The van der Waals surface area contributed by atoms with Crippen molar-refractivity contribution in [1.82, 2.24) is 10.2 Å². The molecule has 22 heavy (non-hydrogen) atoms. The average Bonchev–Trinajstić information content (AvgIpc) is 2.80. The van der Waals surface area contributed by atoms with Crippen molar-refractivity contribution in [2.45, 2.75) is 19.0 Å². The summed E-state index contributed by atoms with van der Waals surface area (Å²) in [5.41, 5.74) is 1.40. The number of esters is 1. The Bertz CT molecular complexity index is 575. The first-order chi connectivity index (χ1) is 10.6. The summed E-state index contributed by atoms with van der Waals surface area (Å²) in [6.07, 6.45) is 2.77. The van der Waals surface area contributed by atoms with Crippen molar-refractivity contribution in [3.05, 3.63) is 35.4 Å². The monoisotopic (exact) mass is 338 g/mol. The first kappa shape index (κ1) is 16.8. The third kappa shape index (κ3) is 3.78. The molecule has 5 nitrogen and oxygen atoms in total. The number of carbonyl (C=O) groups excluding carboxylic acids is 2. The van der Waals surface area contributed by atoms with E-state index in [-0.39, 0.29) is 17.9 Å². The fourth-order valence-electron chi connectivity index (χ4n) is 2.20. The number of ether oxygens (including phenoxy) is 1. The zero-order chi connectivity index (χ0) is 16.1. The first-order valence-corrected chi connectivity index (χ1v) is 8.65. The smallest absolute Gasteiger partial charge is 0.337 e. The van der Waals surface area contributed by atoms with Gasteiger partial charge in [-0.2, -0.15) is 11.8 Å². The minimum Gasteiger partial charge on any atom is -0.465 e. The molecular formula is C15H18N2O3S2. The van der Waals surface area contributed by atoms with Crippen LogP contribution in [0.25, 0.3) is 0 Å². The number of nitrogens with one attached hydrogen (secondary N) is 1. The predicted octanol–water partition coefficient (Wildman–Crippen LogP) is 1.81. The summed E-state index contributed by atoms with van der Waals surface area (Å²) in [6, 6.07) is 6.75. The molecule has 1 heterocycles. The van der Waals surface area contributed by atoms with Gasteiger partial charge in [0.05, 0.1) is 19.2 Å². The van der Waals surface area contributed by atoms with Crippen molar-refractivity contribution in [3.8, 4) is 0 Å². The number of thioether (sulfide) groups is 1. The van der Waals surface area contributed by atoms with Gasteiger partial charge in [0.15, 0.2) is 5.11 Å². The van der Waals surface area contributed by atoms with Gasteiger partial charge >= 0.3 is 5.97 Å². The summed E-state index contributed by atoms with van der Waals surface area (Å²) in [4.78, 5) is 25.3. The molecule has 1 amide bonds. The molecule has 2 rings (SSSR count). The Morgan fingerprint density at radius 2 is 2.09 bits per heavy atom. The van der Waals surface area contributed by atoms with Crippen molar-refractivity contribution >= 4 is 41.0 Å². The lowest BCUT2D eigenvalue weighted by atomic mass is 10.1. The van der Waals surface area contributed by atoms with Gasteiger partial charge in [0.1, 0.15) is 6.04 Å². The summed E-state index contributed by atoms with van der Waals surface area (Å²) < 4.78 is 4.66. The molecule has 1 N–H and O–H groups in total. The topological polar surface area (TPSA) is 58.6 Å².